The molecule has 22 heavy (non-hydrogen) atoms. The van der Waals surface area contributed by atoms with Gasteiger partial charge in [0.15, 0.2) is 0 Å². The zero-order valence-electron chi connectivity index (χ0n) is 13.8. The van der Waals surface area contributed by atoms with Gasteiger partial charge in [0.2, 0.25) is 5.78 Å². The number of carbonyl (C=O) groups is 1. The fraction of sp³-hybridized carbons (Fsp3) is 0.632. The summed E-state index contributed by atoms with van der Waals surface area (Å²) in [5, 5.41) is 0. The molecule has 2 aliphatic carbocycles. The van der Waals surface area contributed by atoms with E-state index < -0.39 is 0 Å². The molecule has 0 atom stereocenters. The normalized spacial score (nSPS) is 12.3. The summed E-state index contributed by atoms with van der Waals surface area (Å²) in [6.07, 6.45) is 13.1. The average molecular weight is 303 g/mol. The van der Waals surface area contributed by atoms with Gasteiger partial charge in [-0.05, 0) is 18.6 Å². The van der Waals surface area contributed by atoms with Crippen LogP contribution >= 0.6 is 0 Å². The number of anilines is 1. The Morgan fingerprint density at radius 3 is 2.05 bits per heavy atom. The number of nitrogen functional groups attached to an aromatic ring is 1. The Hall–Kier alpha value is -1.51. The predicted molar refractivity (Wildman–Crippen MR) is 91.6 cm³/mol. The van der Waals surface area contributed by atoms with Crippen molar-refractivity contribution in [1.29, 1.82) is 0 Å². The Labute approximate surface area is 134 Å². The number of nitrogens with two attached hydrogens (primary N) is 1. The van der Waals surface area contributed by atoms with Gasteiger partial charge < -0.3 is 10.5 Å². The van der Waals surface area contributed by atoms with E-state index in [0.717, 1.165) is 12.2 Å². The first-order chi connectivity index (χ1) is 10.8. The Morgan fingerprint density at radius 1 is 0.909 bits per heavy atom. The summed E-state index contributed by atoms with van der Waals surface area (Å²) in [6.45, 7) is 2.94. The lowest BCUT2D eigenvalue weighted by Crippen LogP contribution is -2.20. The lowest BCUT2D eigenvalue weighted by Gasteiger charge is -2.23. The van der Waals surface area contributed by atoms with Crippen LogP contribution in [0.25, 0.3) is 0 Å². The molecule has 1 aromatic carbocycles. The molecule has 0 saturated carbocycles. The summed E-state index contributed by atoms with van der Waals surface area (Å²) in [7, 11) is 0. The highest BCUT2D eigenvalue weighted by atomic mass is 16.5. The summed E-state index contributed by atoms with van der Waals surface area (Å²) < 4.78 is 5.73. The monoisotopic (exact) mass is 303 g/mol. The van der Waals surface area contributed by atoms with Crippen LogP contribution in [0.3, 0.4) is 0 Å². The number of carbonyl (C=O) groups excluding carboxylic acids is 1. The molecule has 0 spiro atoms. The van der Waals surface area contributed by atoms with Gasteiger partial charge in [-0.15, -0.1) is 0 Å². The van der Waals surface area contributed by atoms with Gasteiger partial charge in [-0.2, -0.15) is 0 Å². The van der Waals surface area contributed by atoms with Crippen LogP contribution in [0, 0.1) is 0 Å². The van der Waals surface area contributed by atoms with E-state index in [9.17, 15) is 4.79 Å². The van der Waals surface area contributed by atoms with Gasteiger partial charge in [-0.3, -0.25) is 4.79 Å². The topological polar surface area (TPSA) is 52.3 Å². The Balaban J connectivity index is 1.48. The van der Waals surface area contributed by atoms with Gasteiger partial charge >= 0.3 is 0 Å². The van der Waals surface area contributed by atoms with Crippen molar-refractivity contribution in [2.24, 2.45) is 0 Å². The molecule has 3 heteroatoms. The van der Waals surface area contributed by atoms with Gasteiger partial charge in [-0.1, -0.05) is 64.7 Å². The highest BCUT2D eigenvalue weighted by Gasteiger charge is 2.33. The maximum Gasteiger partial charge on any atom is 0.202 e. The second-order valence-corrected chi connectivity index (χ2v) is 6.27. The van der Waals surface area contributed by atoms with E-state index in [-0.39, 0.29) is 5.78 Å². The Morgan fingerprint density at radius 2 is 1.50 bits per heavy atom. The predicted octanol–water partition coefficient (Wildman–Crippen LogP) is 5.11. The van der Waals surface area contributed by atoms with E-state index >= 15 is 0 Å². The molecule has 2 bridgehead atoms. The second-order valence-electron chi connectivity index (χ2n) is 6.27. The molecular formula is C19H29NO2. The lowest BCUT2D eigenvalue weighted by molar-refractivity contribution is 0.101. The molecule has 3 nitrogen and oxygen atoms in total. The van der Waals surface area contributed by atoms with Crippen LogP contribution in [0.4, 0.5) is 5.69 Å². The summed E-state index contributed by atoms with van der Waals surface area (Å²) >= 11 is 0. The highest BCUT2D eigenvalue weighted by molar-refractivity contribution is 6.24. The van der Waals surface area contributed by atoms with Crippen molar-refractivity contribution in [2.75, 3.05) is 12.3 Å². The van der Waals surface area contributed by atoms with E-state index in [1.165, 1.54) is 57.8 Å². The van der Waals surface area contributed by atoms with Crippen LogP contribution in [-0.4, -0.2) is 12.4 Å². The summed E-state index contributed by atoms with van der Waals surface area (Å²) in [4.78, 5) is 11.6. The maximum atomic E-state index is 11.6. The van der Waals surface area contributed by atoms with Crippen molar-refractivity contribution in [2.45, 2.75) is 71.1 Å². The van der Waals surface area contributed by atoms with Crippen molar-refractivity contribution in [1.82, 2.24) is 0 Å². The molecule has 0 aromatic heterocycles. The number of fused-ring (bicyclic) bond motifs is 2. The third-order valence-corrected chi connectivity index (χ3v) is 4.41. The smallest absolute Gasteiger partial charge is 0.202 e. The quantitative estimate of drug-likeness (QED) is 0.438. The van der Waals surface area contributed by atoms with Crippen LogP contribution < -0.4 is 10.5 Å². The van der Waals surface area contributed by atoms with Gasteiger partial charge in [0.1, 0.15) is 5.75 Å². The van der Waals surface area contributed by atoms with Gasteiger partial charge in [0.05, 0.1) is 17.7 Å². The molecule has 2 aliphatic rings. The molecule has 1 aromatic rings. The first-order valence-corrected chi connectivity index (χ1v) is 8.85. The van der Waals surface area contributed by atoms with E-state index in [4.69, 9.17) is 10.5 Å². The number of ether oxygens (including phenoxy) is 1. The molecule has 0 unspecified atom stereocenters. The van der Waals surface area contributed by atoms with Crippen molar-refractivity contribution >= 4 is 11.5 Å². The number of ketones is 1. The van der Waals surface area contributed by atoms with Crippen molar-refractivity contribution < 1.29 is 9.53 Å². The molecule has 0 fully saturated rings. The van der Waals surface area contributed by atoms with Crippen LogP contribution in [0.1, 0.15) is 87.1 Å². The molecule has 0 heterocycles. The average Bonchev–Trinajstić information content (AvgIpc) is 2.51. The summed E-state index contributed by atoms with van der Waals surface area (Å²) in [5.41, 5.74) is 7.60. The molecular weight excluding hydrogens is 274 g/mol. The minimum absolute atomic E-state index is 0.0399. The SMILES string of the molecule is CCCCCCCCCCCCOc1c2ccc(N)c1C2=O. The lowest BCUT2D eigenvalue weighted by atomic mass is 9.88. The van der Waals surface area contributed by atoms with Gasteiger partial charge in [0.25, 0.3) is 0 Å². The molecule has 122 valence electrons. The van der Waals surface area contributed by atoms with Crippen LogP contribution in [0.15, 0.2) is 12.1 Å². The molecule has 0 radical (unpaired) electrons. The number of unbranched alkanes of at least 4 members (excludes halogenated alkanes) is 9. The number of hydrogen-bond acceptors (Lipinski definition) is 3. The largest absolute Gasteiger partial charge is 0.492 e. The molecule has 0 saturated heterocycles. The fourth-order valence-electron chi connectivity index (χ4n) is 3.00. The van der Waals surface area contributed by atoms with Crippen LogP contribution in [0.5, 0.6) is 5.75 Å². The van der Waals surface area contributed by atoms with Crippen LogP contribution in [-0.2, 0) is 0 Å². The Kier molecular flexibility index (Phi) is 6.75. The summed E-state index contributed by atoms with van der Waals surface area (Å²) in [5.74, 6) is 0.763. The third kappa shape index (κ3) is 4.25. The van der Waals surface area contributed by atoms with Gasteiger partial charge in [-0.25, -0.2) is 0 Å². The van der Waals surface area contributed by atoms with Crippen molar-refractivity contribution in [3.8, 4) is 5.75 Å². The number of rotatable bonds is 12. The maximum absolute atomic E-state index is 11.6. The minimum Gasteiger partial charge on any atom is -0.492 e. The number of hydrogen-bond donors (Lipinski definition) is 1. The zero-order valence-corrected chi connectivity index (χ0v) is 13.8. The fourth-order valence-corrected chi connectivity index (χ4v) is 3.00. The zero-order chi connectivity index (χ0) is 15.8. The van der Waals surface area contributed by atoms with E-state index in [1.54, 1.807) is 12.1 Å². The molecule has 0 amide bonds. The summed E-state index contributed by atoms with van der Waals surface area (Å²) in [6, 6.07) is 3.54. The molecule has 2 N–H and O–H groups in total. The molecule has 0 aliphatic heterocycles. The van der Waals surface area contributed by atoms with E-state index in [0.29, 0.717) is 23.4 Å². The molecule has 3 rings (SSSR count). The third-order valence-electron chi connectivity index (χ3n) is 4.41. The Bertz CT molecular complexity index is 496. The first-order valence-electron chi connectivity index (χ1n) is 8.85. The first kappa shape index (κ1) is 16.9. The number of benzene rings is 1. The van der Waals surface area contributed by atoms with E-state index in [1.807, 2.05) is 0 Å². The van der Waals surface area contributed by atoms with E-state index in [2.05, 4.69) is 6.92 Å². The van der Waals surface area contributed by atoms with Gasteiger partial charge in [0, 0.05) is 5.69 Å². The second kappa shape index (κ2) is 8.82. The van der Waals surface area contributed by atoms with Crippen molar-refractivity contribution in [3.63, 3.8) is 0 Å². The standard InChI is InChI=1S/C19H29NO2/c1-2-3-4-5-6-7-8-9-10-11-14-22-19-15-12-13-16(20)17(19)18(15)21/h12-13H,2-11,14,20H2,1H3. The minimum atomic E-state index is 0.0399. The van der Waals surface area contributed by atoms with Crippen LogP contribution in [0.2, 0.25) is 0 Å². The van der Waals surface area contributed by atoms with Crippen molar-refractivity contribution in [3.05, 3.63) is 23.3 Å². The highest BCUT2D eigenvalue weighted by Crippen LogP contribution is 2.41.